The molecule has 11 heteroatoms. The van der Waals surface area contributed by atoms with E-state index in [2.05, 4.69) is 5.16 Å². The molecular formula is C21H30N4O6S. The highest BCUT2D eigenvalue weighted by Crippen LogP contribution is 2.24. The van der Waals surface area contributed by atoms with E-state index >= 15 is 0 Å². The lowest BCUT2D eigenvalue weighted by Gasteiger charge is -2.35. The molecule has 0 aliphatic carbocycles. The van der Waals surface area contributed by atoms with Crippen molar-refractivity contribution in [3.05, 3.63) is 35.6 Å². The Morgan fingerprint density at radius 2 is 2.03 bits per heavy atom. The lowest BCUT2D eigenvalue weighted by atomic mass is 10.2. The van der Waals surface area contributed by atoms with Gasteiger partial charge in [0.1, 0.15) is 16.3 Å². The molecule has 4 heterocycles. The maximum atomic E-state index is 13.0. The second-order valence-corrected chi connectivity index (χ2v) is 10.2. The first kappa shape index (κ1) is 23.0. The molecule has 2 aromatic rings. The van der Waals surface area contributed by atoms with Gasteiger partial charge >= 0.3 is 0 Å². The maximum absolute atomic E-state index is 13.0. The second kappa shape index (κ2) is 9.74. The quantitative estimate of drug-likeness (QED) is 0.574. The van der Waals surface area contributed by atoms with Gasteiger partial charge in [0.2, 0.25) is 15.9 Å². The van der Waals surface area contributed by atoms with E-state index in [4.69, 9.17) is 13.7 Å². The molecule has 2 aliphatic heterocycles. The molecule has 1 amide bonds. The summed E-state index contributed by atoms with van der Waals surface area (Å²) >= 11 is 0. The van der Waals surface area contributed by atoms with E-state index in [1.54, 1.807) is 25.0 Å². The minimum Gasteiger partial charge on any atom is -0.468 e. The van der Waals surface area contributed by atoms with E-state index in [0.717, 1.165) is 25.2 Å². The van der Waals surface area contributed by atoms with Crippen molar-refractivity contribution in [2.45, 2.75) is 44.2 Å². The third kappa shape index (κ3) is 5.06. The van der Waals surface area contributed by atoms with Crippen LogP contribution in [-0.2, 0) is 26.1 Å². The molecule has 0 saturated carbocycles. The monoisotopic (exact) mass is 466 g/mol. The summed E-state index contributed by atoms with van der Waals surface area (Å²) in [6, 6.07) is 3.73. The minimum absolute atomic E-state index is 0.0241. The minimum atomic E-state index is -3.70. The number of hydrogen-bond acceptors (Lipinski definition) is 8. The largest absolute Gasteiger partial charge is 0.468 e. The van der Waals surface area contributed by atoms with E-state index in [0.29, 0.717) is 31.9 Å². The smallest absolute Gasteiger partial charge is 0.248 e. The summed E-state index contributed by atoms with van der Waals surface area (Å²) in [5.41, 5.74) is 0.351. The number of nitrogens with zero attached hydrogens (tertiary/aromatic N) is 4. The predicted molar refractivity (Wildman–Crippen MR) is 114 cm³/mol. The predicted octanol–water partition coefficient (Wildman–Crippen LogP) is 1.40. The highest BCUT2D eigenvalue weighted by molar-refractivity contribution is 7.89. The molecule has 0 N–H and O–H groups in total. The summed E-state index contributed by atoms with van der Waals surface area (Å²) in [4.78, 5) is 16.9. The van der Waals surface area contributed by atoms with Gasteiger partial charge in [-0.1, -0.05) is 5.16 Å². The van der Waals surface area contributed by atoms with Crippen molar-refractivity contribution in [1.29, 1.82) is 0 Å². The summed E-state index contributed by atoms with van der Waals surface area (Å²) < 4.78 is 43.7. The van der Waals surface area contributed by atoms with Crippen LogP contribution in [0.2, 0.25) is 0 Å². The Kier molecular flexibility index (Phi) is 6.99. The van der Waals surface area contributed by atoms with E-state index < -0.39 is 10.0 Å². The van der Waals surface area contributed by atoms with E-state index in [-0.39, 0.29) is 42.3 Å². The fourth-order valence-electron chi connectivity index (χ4n) is 4.33. The molecule has 32 heavy (non-hydrogen) atoms. The van der Waals surface area contributed by atoms with E-state index in [9.17, 15) is 13.2 Å². The molecule has 1 unspecified atom stereocenters. The number of aryl methyl sites for hydroxylation is 2. The summed E-state index contributed by atoms with van der Waals surface area (Å²) in [5, 5.41) is 3.76. The summed E-state index contributed by atoms with van der Waals surface area (Å²) in [5.74, 6) is 1.05. The first-order valence-electron chi connectivity index (χ1n) is 10.9. The van der Waals surface area contributed by atoms with Crippen molar-refractivity contribution in [2.75, 3.05) is 45.9 Å². The fourth-order valence-corrected chi connectivity index (χ4v) is 6.04. The van der Waals surface area contributed by atoms with Crippen LogP contribution in [0.15, 0.2) is 32.2 Å². The molecule has 2 saturated heterocycles. The Morgan fingerprint density at radius 1 is 1.25 bits per heavy atom. The average Bonchev–Trinajstić information content (AvgIpc) is 3.52. The molecule has 2 aromatic heterocycles. The van der Waals surface area contributed by atoms with Gasteiger partial charge in [0.25, 0.3) is 0 Å². The molecule has 0 bridgehead atoms. The van der Waals surface area contributed by atoms with Crippen LogP contribution in [0.4, 0.5) is 0 Å². The molecule has 0 aromatic carbocycles. The Labute approximate surface area is 188 Å². The molecule has 0 spiro atoms. The number of carbonyl (C=O) groups is 1. The van der Waals surface area contributed by atoms with Gasteiger partial charge in [0, 0.05) is 39.3 Å². The van der Waals surface area contributed by atoms with Crippen LogP contribution in [0.1, 0.15) is 30.1 Å². The normalized spacial score (nSPS) is 20.3. The lowest BCUT2D eigenvalue weighted by Crippen LogP contribution is -2.53. The van der Waals surface area contributed by atoms with Crippen LogP contribution >= 0.6 is 0 Å². The van der Waals surface area contributed by atoms with Crippen molar-refractivity contribution in [1.82, 2.24) is 19.3 Å². The lowest BCUT2D eigenvalue weighted by molar-refractivity contribution is -0.134. The fraction of sp³-hybridized carbons (Fsp3) is 0.619. The van der Waals surface area contributed by atoms with Crippen molar-refractivity contribution in [2.24, 2.45) is 0 Å². The standard InChI is InChI=1S/C21H30N4O6S/c1-16-21(17(2)31-22-16)32(27,28)25-9-7-24(8-10-25)20(26)15-23(13-18-5-3-11-29-18)14-19-6-4-12-30-19/h3,5,11,19H,4,6-10,12-15H2,1-2H3. The topological polar surface area (TPSA) is 109 Å². The van der Waals surface area contributed by atoms with Crippen LogP contribution < -0.4 is 0 Å². The number of ether oxygens (including phenoxy) is 1. The molecule has 2 fully saturated rings. The third-order valence-electron chi connectivity index (χ3n) is 5.96. The maximum Gasteiger partial charge on any atom is 0.248 e. The highest BCUT2D eigenvalue weighted by atomic mass is 32.2. The first-order chi connectivity index (χ1) is 15.3. The zero-order chi connectivity index (χ0) is 22.7. The number of carbonyl (C=O) groups excluding carboxylic acids is 1. The average molecular weight is 467 g/mol. The summed E-state index contributed by atoms with van der Waals surface area (Å²) in [7, 11) is -3.70. The number of sulfonamides is 1. The Bertz CT molecular complexity index is 986. The van der Waals surface area contributed by atoms with Gasteiger partial charge in [-0.2, -0.15) is 4.31 Å². The Hall–Kier alpha value is -2.21. The highest BCUT2D eigenvalue weighted by Gasteiger charge is 2.34. The number of piperazine rings is 1. The van der Waals surface area contributed by atoms with Gasteiger partial charge in [-0.05, 0) is 38.8 Å². The van der Waals surface area contributed by atoms with Crippen LogP contribution in [0.3, 0.4) is 0 Å². The number of furan rings is 1. The molecule has 0 radical (unpaired) electrons. The van der Waals surface area contributed by atoms with Gasteiger partial charge < -0.3 is 18.6 Å². The Morgan fingerprint density at radius 3 is 2.62 bits per heavy atom. The number of rotatable bonds is 8. The summed E-state index contributed by atoms with van der Waals surface area (Å²) in [6.07, 6.45) is 3.77. The van der Waals surface area contributed by atoms with Gasteiger partial charge in [-0.25, -0.2) is 8.42 Å². The van der Waals surface area contributed by atoms with Gasteiger partial charge in [0.05, 0.1) is 25.5 Å². The molecule has 1 atom stereocenters. The van der Waals surface area contributed by atoms with Crippen molar-refractivity contribution in [3.63, 3.8) is 0 Å². The molecule has 10 nitrogen and oxygen atoms in total. The molecule has 2 aliphatic rings. The molecule has 4 rings (SSSR count). The number of amides is 1. The zero-order valence-corrected chi connectivity index (χ0v) is 19.3. The third-order valence-corrected chi connectivity index (χ3v) is 8.11. The summed E-state index contributed by atoms with van der Waals surface area (Å²) in [6.45, 7) is 6.55. The van der Waals surface area contributed by atoms with E-state index in [1.165, 1.54) is 4.31 Å². The van der Waals surface area contributed by atoms with Crippen LogP contribution in [0.5, 0.6) is 0 Å². The zero-order valence-electron chi connectivity index (χ0n) is 18.5. The van der Waals surface area contributed by atoms with Crippen molar-refractivity contribution >= 4 is 15.9 Å². The Balaban J connectivity index is 1.36. The van der Waals surface area contributed by atoms with E-state index in [1.807, 2.05) is 17.0 Å². The van der Waals surface area contributed by atoms with Crippen LogP contribution in [-0.4, -0.2) is 85.6 Å². The van der Waals surface area contributed by atoms with Crippen molar-refractivity contribution < 1.29 is 26.9 Å². The second-order valence-electron chi connectivity index (χ2n) is 8.32. The van der Waals surface area contributed by atoms with Gasteiger partial charge in [-0.15, -0.1) is 0 Å². The van der Waals surface area contributed by atoms with Crippen LogP contribution in [0.25, 0.3) is 0 Å². The molecular weight excluding hydrogens is 436 g/mol. The van der Waals surface area contributed by atoms with Crippen molar-refractivity contribution in [3.8, 4) is 0 Å². The number of hydrogen-bond donors (Lipinski definition) is 0. The van der Waals surface area contributed by atoms with Gasteiger partial charge in [0.15, 0.2) is 5.76 Å². The molecule has 176 valence electrons. The first-order valence-corrected chi connectivity index (χ1v) is 12.4. The van der Waals surface area contributed by atoms with Gasteiger partial charge in [-0.3, -0.25) is 9.69 Å². The number of aromatic nitrogens is 1. The SMILES string of the molecule is Cc1noc(C)c1S(=O)(=O)N1CCN(C(=O)CN(Cc2ccco2)CC2CCCO2)CC1. The van der Waals surface area contributed by atoms with Crippen LogP contribution in [0, 0.1) is 13.8 Å².